The fourth-order valence-electron chi connectivity index (χ4n) is 2.65. The van der Waals surface area contributed by atoms with E-state index in [9.17, 15) is 14.4 Å². The molecule has 0 saturated carbocycles. The van der Waals surface area contributed by atoms with Gasteiger partial charge in [-0.2, -0.15) is 0 Å². The molecular weight excluding hydrogens is 380 g/mol. The molecule has 30 heavy (non-hydrogen) atoms. The lowest BCUT2D eigenvalue weighted by molar-refractivity contribution is 0.0962. The third-order valence-corrected chi connectivity index (χ3v) is 4.17. The molecule has 4 N–H and O–H groups in total. The third-order valence-electron chi connectivity index (χ3n) is 4.17. The first-order chi connectivity index (χ1) is 14.4. The second-order valence-electron chi connectivity index (χ2n) is 6.52. The molecule has 7 nitrogen and oxygen atoms in total. The van der Waals surface area contributed by atoms with E-state index in [0.29, 0.717) is 22.4 Å². The number of nitrogens with zero attached hydrogens (tertiary/aromatic N) is 1. The minimum absolute atomic E-state index is 0.0396. The second-order valence-corrected chi connectivity index (χ2v) is 6.52. The average Bonchev–Trinajstić information content (AvgIpc) is 2.74. The Balaban J connectivity index is 1.88. The highest BCUT2D eigenvalue weighted by molar-refractivity contribution is 6.13. The standard InChI is InChI=1S/C23H20N4O3/c1-15-6-5-9-18(14-15)22(30)27-23(26-21(29)17-7-3-2-4-8-17)25-19-12-10-16(11-13-19)20(24)28/h2-14H,1H3,(H2,24,28)(H2,25,26,27,29,30). The molecule has 0 atom stereocenters. The van der Waals surface area contributed by atoms with Gasteiger partial charge in [-0.1, -0.05) is 35.9 Å². The molecule has 0 aliphatic rings. The number of hydrogen-bond acceptors (Lipinski definition) is 4. The molecule has 0 fully saturated rings. The van der Waals surface area contributed by atoms with Crippen molar-refractivity contribution in [2.75, 3.05) is 0 Å². The smallest absolute Gasteiger partial charge is 0.257 e. The number of aliphatic imine (C=N–C) groups is 1. The lowest BCUT2D eigenvalue weighted by atomic mass is 10.1. The van der Waals surface area contributed by atoms with Crippen molar-refractivity contribution in [2.45, 2.75) is 6.92 Å². The van der Waals surface area contributed by atoms with Crippen LogP contribution in [0.25, 0.3) is 0 Å². The first-order valence-corrected chi connectivity index (χ1v) is 9.15. The third kappa shape index (κ3) is 5.39. The number of benzene rings is 3. The van der Waals surface area contributed by atoms with Crippen molar-refractivity contribution >= 4 is 29.4 Å². The highest BCUT2D eigenvalue weighted by Gasteiger charge is 2.13. The van der Waals surface area contributed by atoms with Crippen LogP contribution in [0.3, 0.4) is 0 Å². The molecule has 0 heterocycles. The number of carbonyl (C=O) groups is 3. The number of carbonyl (C=O) groups excluding carboxylic acids is 3. The summed E-state index contributed by atoms with van der Waals surface area (Å²) in [5, 5.41) is 5.26. The highest BCUT2D eigenvalue weighted by Crippen LogP contribution is 2.13. The summed E-state index contributed by atoms with van der Waals surface area (Å²) in [7, 11) is 0. The largest absolute Gasteiger partial charge is 0.366 e. The van der Waals surface area contributed by atoms with E-state index >= 15 is 0 Å². The summed E-state index contributed by atoms with van der Waals surface area (Å²) in [5.41, 5.74) is 7.77. The zero-order chi connectivity index (χ0) is 21.5. The maximum atomic E-state index is 12.7. The quantitative estimate of drug-likeness (QED) is 0.462. The average molecular weight is 400 g/mol. The van der Waals surface area contributed by atoms with Crippen molar-refractivity contribution < 1.29 is 14.4 Å². The molecule has 0 spiro atoms. The minimum atomic E-state index is -0.559. The van der Waals surface area contributed by atoms with Crippen LogP contribution in [0.2, 0.25) is 0 Å². The topological polar surface area (TPSA) is 114 Å². The van der Waals surface area contributed by atoms with Gasteiger partial charge in [-0.25, -0.2) is 4.99 Å². The predicted octanol–water partition coefficient (Wildman–Crippen LogP) is 2.94. The molecule has 0 unspecified atom stereocenters. The number of rotatable bonds is 4. The van der Waals surface area contributed by atoms with Crippen LogP contribution in [-0.2, 0) is 0 Å². The summed E-state index contributed by atoms with van der Waals surface area (Å²) in [6.07, 6.45) is 0. The van der Waals surface area contributed by atoms with Crippen molar-refractivity contribution in [3.8, 4) is 0 Å². The first kappa shape index (κ1) is 20.5. The van der Waals surface area contributed by atoms with Crippen molar-refractivity contribution in [1.82, 2.24) is 10.6 Å². The van der Waals surface area contributed by atoms with Gasteiger partial charge in [-0.15, -0.1) is 0 Å². The second kappa shape index (κ2) is 9.29. The van der Waals surface area contributed by atoms with Crippen LogP contribution in [0.1, 0.15) is 36.6 Å². The Labute approximate surface area is 173 Å². The van der Waals surface area contributed by atoms with Crippen LogP contribution >= 0.6 is 0 Å². The van der Waals surface area contributed by atoms with E-state index in [1.165, 1.54) is 12.1 Å². The molecule has 3 aromatic rings. The van der Waals surface area contributed by atoms with E-state index in [0.717, 1.165) is 5.56 Å². The molecule has 0 saturated heterocycles. The molecule has 3 rings (SSSR count). The van der Waals surface area contributed by atoms with Crippen LogP contribution in [-0.4, -0.2) is 23.7 Å². The first-order valence-electron chi connectivity index (χ1n) is 9.15. The van der Waals surface area contributed by atoms with Crippen LogP contribution < -0.4 is 16.4 Å². The van der Waals surface area contributed by atoms with Gasteiger partial charge in [0.2, 0.25) is 11.9 Å². The number of amides is 3. The molecule has 0 radical (unpaired) electrons. The molecule has 7 heteroatoms. The summed E-state index contributed by atoms with van der Waals surface area (Å²) in [6.45, 7) is 1.88. The lowest BCUT2D eigenvalue weighted by Gasteiger charge is -2.11. The Morgan fingerprint density at radius 3 is 1.93 bits per heavy atom. The SMILES string of the molecule is Cc1cccc(C(=O)NC(=Nc2ccc(C(N)=O)cc2)NC(=O)c2ccccc2)c1. The van der Waals surface area contributed by atoms with Gasteiger partial charge in [-0.3, -0.25) is 25.0 Å². The normalized spacial score (nSPS) is 10.9. The van der Waals surface area contributed by atoms with Gasteiger partial charge in [0.25, 0.3) is 11.8 Å². The summed E-state index contributed by atoms with van der Waals surface area (Å²) in [4.78, 5) is 40.8. The number of guanidine groups is 1. The molecule has 3 aromatic carbocycles. The van der Waals surface area contributed by atoms with Crippen LogP contribution in [0.4, 0.5) is 5.69 Å². The summed E-state index contributed by atoms with van der Waals surface area (Å²) < 4.78 is 0. The molecule has 0 bridgehead atoms. The fourth-order valence-corrected chi connectivity index (χ4v) is 2.65. The monoisotopic (exact) mass is 400 g/mol. The van der Waals surface area contributed by atoms with E-state index in [1.807, 2.05) is 13.0 Å². The Morgan fingerprint density at radius 2 is 1.33 bits per heavy atom. The van der Waals surface area contributed by atoms with E-state index in [4.69, 9.17) is 5.73 Å². The van der Waals surface area contributed by atoms with Gasteiger partial charge >= 0.3 is 0 Å². The number of hydrogen-bond donors (Lipinski definition) is 3. The number of primary amides is 1. The van der Waals surface area contributed by atoms with Crippen LogP contribution in [0, 0.1) is 6.92 Å². The van der Waals surface area contributed by atoms with Gasteiger partial charge in [0.15, 0.2) is 0 Å². The molecule has 150 valence electrons. The zero-order valence-corrected chi connectivity index (χ0v) is 16.3. The van der Waals surface area contributed by atoms with E-state index < -0.39 is 17.7 Å². The van der Waals surface area contributed by atoms with Crippen molar-refractivity contribution in [1.29, 1.82) is 0 Å². The van der Waals surface area contributed by atoms with Crippen molar-refractivity contribution in [3.05, 3.63) is 101 Å². The van der Waals surface area contributed by atoms with Gasteiger partial charge < -0.3 is 5.73 Å². The van der Waals surface area contributed by atoms with Crippen molar-refractivity contribution in [3.63, 3.8) is 0 Å². The molecule has 0 aromatic heterocycles. The van der Waals surface area contributed by atoms with Crippen LogP contribution in [0.15, 0.2) is 83.9 Å². The van der Waals surface area contributed by atoms with Crippen LogP contribution in [0.5, 0.6) is 0 Å². The van der Waals surface area contributed by atoms with Crippen molar-refractivity contribution in [2.24, 2.45) is 10.7 Å². The zero-order valence-electron chi connectivity index (χ0n) is 16.3. The molecule has 0 aliphatic heterocycles. The predicted molar refractivity (Wildman–Crippen MR) is 115 cm³/mol. The van der Waals surface area contributed by atoms with Gasteiger partial charge in [0.1, 0.15) is 0 Å². The Morgan fingerprint density at radius 1 is 0.733 bits per heavy atom. The summed E-state index contributed by atoms with van der Waals surface area (Å²) in [6, 6.07) is 21.8. The maximum Gasteiger partial charge on any atom is 0.257 e. The Bertz CT molecular complexity index is 1110. The van der Waals surface area contributed by atoms with Gasteiger partial charge in [-0.05, 0) is 55.5 Å². The van der Waals surface area contributed by atoms with Gasteiger partial charge in [0.05, 0.1) is 5.69 Å². The maximum absolute atomic E-state index is 12.7. The Kier molecular flexibility index (Phi) is 6.34. The van der Waals surface area contributed by atoms with E-state index in [2.05, 4.69) is 15.6 Å². The summed E-state index contributed by atoms with van der Waals surface area (Å²) >= 11 is 0. The van der Waals surface area contributed by atoms with Gasteiger partial charge in [0, 0.05) is 16.7 Å². The lowest BCUT2D eigenvalue weighted by Crippen LogP contribution is -2.43. The molecule has 0 aliphatic carbocycles. The number of nitrogens with two attached hydrogens (primary N) is 1. The summed E-state index contributed by atoms with van der Waals surface area (Å²) in [5.74, 6) is -1.44. The number of aryl methyl sites for hydroxylation is 1. The minimum Gasteiger partial charge on any atom is -0.366 e. The number of nitrogens with one attached hydrogen (secondary N) is 2. The highest BCUT2D eigenvalue weighted by atomic mass is 16.2. The Hall–Kier alpha value is -4.26. The molecule has 3 amide bonds. The molecular formula is C23H20N4O3. The van der Waals surface area contributed by atoms with E-state index in [-0.39, 0.29) is 5.96 Å². The van der Waals surface area contributed by atoms with E-state index in [1.54, 1.807) is 60.7 Å². The fraction of sp³-hybridized carbons (Fsp3) is 0.0435.